The van der Waals surface area contributed by atoms with E-state index in [2.05, 4.69) is 10.4 Å². The zero-order chi connectivity index (χ0) is 14.5. The van der Waals surface area contributed by atoms with Crippen LogP contribution in [0.3, 0.4) is 0 Å². The lowest BCUT2D eigenvalue weighted by atomic mass is 10.2. The molecule has 3 N–H and O–H groups in total. The third-order valence-corrected chi connectivity index (χ3v) is 2.76. The molecule has 0 atom stereocenters. The lowest BCUT2D eigenvalue weighted by Gasteiger charge is -2.09. The summed E-state index contributed by atoms with van der Waals surface area (Å²) < 4.78 is 5.45. The second kappa shape index (κ2) is 6.18. The molecule has 0 amide bonds. The number of nitrogens with zero attached hydrogens (tertiary/aromatic N) is 2. The molecule has 104 valence electrons. The predicted molar refractivity (Wildman–Crippen MR) is 74.5 cm³/mol. The molecule has 0 fully saturated rings. The first-order chi connectivity index (χ1) is 9.61. The van der Waals surface area contributed by atoms with Crippen molar-refractivity contribution in [3.05, 3.63) is 57.2 Å². The maximum atomic E-state index is 10.9. The Morgan fingerprint density at radius 2 is 2.25 bits per heavy atom. The van der Waals surface area contributed by atoms with Crippen LogP contribution in [0.15, 0.2) is 36.5 Å². The number of anilines is 1. The van der Waals surface area contributed by atoms with Crippen LogP contribution in [0.2, 0.25) is 5.02 Å². The molecule has 0 radical (unpaired) electrons. The van der Waals surface area contributed by atoms with E-state index in [9.17, 15) is 10.1 Å². The van der Waals surface area contributed by atoms with E-state index < -0.39 is 4.92 Å². The zero-order valence-electron chi connectivity index (χ0n) is 10.2. The Balaban J connectivity index is 2.21. The van der Waals surface area contributed by atoms with Gasteiger partial charge in [0.25, 0.3) is 0 Å². The Bertz CT molecular complexity index is 636. The summed E-state index contributed by atoms with van der Waals surface area (Å²) in [4.78, 5) is 14.4. The molecule has 2 rings (SSSR count). The summed E-state index contributed by atoms with van der Waals surface area (Å²) in [6.45, 7) is 0.0931. The Hall–Kier alpha value is -2.38. The van der Waals surface area contributed by atoms with Crippen molar-refractivity contribution in [2.45, 2.75) is 6.61 Å². The van der Waals surface area contributed by atoms with Gasteiger partial charge in [-0.05, 0) is 18.2 Å². The molecule has 7 nitrogen and oxygen atoms in total. The number of hydrazine groups is 1. The molecule has 20 heavy (non-hydrogen) atoms. The predicted octanol–water partition coefficient (Wildman–Crippen LogP) is 2.51. The van der Waals surface area contributed by atoms with Gasteiger partial charge in [0.05, 0.1) is 4.92 Å². The number of benzene rings is 1. The van der Waals surface area contributed by atoms with Crippen LogP contribution in [0.5, 0.6) is 5.75 Å². The molecule has 8 heteroatoms. The van der Waals surface area contributed by atoms with E-state index in [-0.39, 0.29) is 23.1 Å². The SMILES string of the molecule is NNc1ncccc1COc1ccc(Cl)cc1[N+](=O)[O-]. The summed E-state index contributed by atoms with van der Waals surface area (Å²) in [5.74, 6) is 5.90. The second-order valence-electron chi connectivity index (χ2n) is 3.81. The highest BCUT2D eigenvalue weighted by Gasteiger charge is 2.16. The molecule has 0 saturated heterocycles. The molecular weight excluding hydrogens is 284 g/mol. The lowest BCUT2D eigenvalue weighted by molar-refractivity contribution is -0.385. The smallest absolute Gasteiger partial charge is 0.312 e. The summed E-state index contributed by atoms with van der Waals surface area (Å²) in [7, 11) is 0. The van der Waals surface area contributed by atoms with Crippen molar-refractivity contribution in [1.82, 2.24) is 4.98 Å². The second-order valence-corrected chi connectivity index (χ2v) is 4.25. The van der Waals surface area contributed by atoms with Gasteiger partial charge in [-0.15, -0.1) is 0 Å². The fourth-order valence-corrected chi connectivity index (χ4v) is 1.76. The molecule has 2 aromatic rings. The fraction of sp³-hybridized carbons (Fsp3) is 0.0833. The van der Waals surface area contributed by atoms with Gasteiger partial charge in [-0.1, -0.05) is 17.7 Å². The van der Waals surface area contributed by atoms with E-state index in [0.717, 1.165) is 0 Å². The molecule has 0 aliphatic rings. The highest BCUT2D eigenvalue weighted by Crippen LogP contribution is 2.30. The van der Waals surface area contributed by atoms with Gasteiger partial charge in [0.1, 0.15) is 12.4 Å². The van der Waals surface area contributed by atoms with E-state index >= 15 is 0 Å². The van der Waals surface area contributed by atoms with Gasteiger partial charge in [0.15, 0.2) is 5.75 Å². The first-order valence-electron chi connectivity index (χ1n) is 5.59. The van der Waals surface area contributed by atoms with Crippen LogP contribution in [0, 0.1) is 10.1 Å². The van der Waals surface area contributed by atoms with Gasteiger partial charge in [-0.2, -0.15) is 0 Å². The van der Waals surface area contributed by atoms with E-state index in [4.69, 9.17) is 22.2 Å². The van der Waals surface area contributed by atoms with Crippen molar-refractivity contribution in [3.8, 4) is 5.75 Å². The average Bonchev–Trinajstić information content (AvgIpc) is 2.46. The molecular formula is C12H11ClN4O3. The topological polar surface area (TPSA) is 103 Å². The van der Waals surface area contributed by atoms with Gasteiger partial charge < -0.3 is 10.2 Å². The summed E-state index contributed by atoms with van der Waals surface area (Å²) in [5.41, 5.74) is 2.92. The van der Waals surface area contributed by atoms with Crippen molar-refractivity contribution in [1.29, 1.82) is 0 Å². The Kier molecular flexibility index (Phi) is 4.34. The number of hydrogen-bond acceptors (Lipinski definition) is 6. The number of nitro benzene ring substituents is 1. The third kappa shape index (κ3) is 3.14. The largest absolute Gasteiger partial charge is 0.482 e. The van der Waals surface area contributed by atoms with Crippen LogP contribution in [-0.4, -0.2) is 9.91 Å². The molecule has 0 unspecified atom stereocenters. The molecule has 0 bridgehead atoms. The van der Waals surface area contributed by atoms with Crippen molar-refractivity contribution < 1.29 is 9.66 Å². The molecule has 0 aliphatic heterocycles. The van der Waals surface area contributed by atoms with Crippen molar-refractivity contribution in [3.63, 3.8) is 0 Å². The number of rotatable bonds is 5. The number of nitrogens with one attached hydrogen (secondary N) is 1. The normalized spacial score (nSPS) is 10.1. The quantitative estimate of drug-likeness (QED) is 0.499. The Labute approximate surface area is 119 Å². The summed E-state index contributed by atoms with van der Waals surface area (Å²) in [6, 6.07) is 7.68. The first-order valence-corrected chi connectivity index (χ1v) is 5.97. The Morgan fingerprint density at radius 3 is 2.95 bits per heavy atom. The van der Waals surface area contributed by atoms with Gasteiger partial charge in [0.2, 0.25) is 0 Å². The number of hydrogen-bond donors (Lipinski definition) is 2. The fourth-order valence-electron chi connectivity index (χ4n) is 1.60. The number of nitro groups is 1. The van der Waals surface area contributed by atoms with Gasteiger partial charge in [0, 0.05) is 22.8 Å². The molecule has 0 spiro atoms. The number of aromatic nitrogens is 1. The number of ether oxygens (including phenoxy) is 1. The minimum atomic E-state index is -0.549. The minimum absolute atomic E-state index is 0.0931. The standard InChI is InChI=1S/C12H11ClN4O3/c13-9-3-4-11(10(6-9)17(18)19)20-7-8-2-1-5-15-12(8)16-14/h1-6H,7,14H2,(H,15,16). The third-order valence-electron chi connectivity index (χ3n) is 2.53. The zero-order valence-corrected chi connectivity index (χ0v) is 11.0. The van der Waals surface area contributed by atoms with E-state index in [0.29, 0.717) is 11.4 Å². The highest BCUT2D eigenvalue weighted by atomic mass is 35.5. The number of nitrogen functional groups attached to an aromatic ring is 1. The van der Waals surface area contributed by atoms with Crippen LogP contribution in [0.4, 0.5) is 11.5 Å². The Morgan fingerprint density at radius 1 is 1.45 bits per heavy atom. The molecule has 1 aromatic carbocycles. The molecule has 0 saturated carbocycles. The van der Waals surface area contributed by atoms with Crippen LogP contribution >= 0.6 is 11.6 Å². The molecule has 0 aliphatic carbocycles. The van der Waals surface area contributed by atoms with Crippen LogP contribution in [0.25, 0.3) is 0 Å². The molecule has 1 aromatic heterocycles. The van der Waals surface area contributed by atoms with Crippen molar-refractivity contribution in [2.24, 2.45) is 5.84 Å². The average molecular weight is 295 g/mol. The number of nitrogens with two attached hydrogens (primary N) is 1. The van der Waals surface area contributed by atoms with E-state index in [1.54, 1.807) is 18.3 Å². The van der Waals surface area contributed by atoms with Gasteiger partial charge in [-0.3, -0.25) is 10.1 Å². The van der Waals surface area contributed by atoms with Crippen LogP contribution in [-0.2, 0) is 6.61 Å². The number of pyridine rings is 1. The van der Waals surface area contributed by atoms with Gasteiger partial charge in [-0.25, -0.2) is 10.8 Å². The minimum Gasteiger partial charge on any atom is -0.482 e. The molecule has 1 heterocycles. The van der Waals surface area contributed by atoms with E-state index in [1.807, 2.05) is 0 Å². The first kappa shape index (κ1) is 14.0. The van der Waals surface area contributed by atoms with Crippen LogP contribution in [0.1, 0.15) is 5.56 Å². The van der Waals surface area contributed by atoms with E-state index in [1.165, 1.54) is 18.2 Å². The lowest BCUT2D eigenvalue weighted by Crippen LogP contribution is -2.12. The van der Waals surface area contributed by atoms with Crippen LogP contribution < -0.4 is 16.0 Å². The van der Waals surface area contributed by atoms with Gasteiger partial charge >= 0.3 is 5.69 Å². The summed E-state index contributed by atoms with van der Waals surface area (Å²) >= 11 is 5.73. The maximum Gasteiger partial charge on any atom is 0.312 e. The van der Waals surface area contributed by atoms with Crippen molar-refractivity contribution >= 4 is 23.1 Å². The summed E-state index contributed by atoms with van der Waals surface area (Å²) in [5, 5.41) is 11.2. The maximum absolute atomic E-state index is 10.9. The highest BCUT2D eigenvalue weighted by molar-refractivity contribution is 6.30. The number of halogens is 1. The summed E-state index contributed by atoms with van der Waals surface area (Å²) in [6.07, 6.45) is 1.57. The monoisotopic (exact) mass is 294 g/mol. The van der Waals surface area contributed by atoms with Crippen molar-refractivity contribution in [2.75, 3.05) is 5.43 Å².